The Labute approximate surface area is 108 Å². The molecular weight excluding hydrogens is 250 g/mol. The third-order valence-corrected chi connectivity index (χ3v) is 3.97. The van der Waals surface area contributed by atoms with Crippen molar-refractivity contribution in [1.82, 2.24) is 0 Å². The molecule has 0 heterocycles. The summed E-state index contributed by atoms with van der Waals surface area (Å²) in [6.07, 6.45) is 5.03. The molecule has 1 aromatic carbocycles. The van der Waals surface area contributed by atoms with Gasteiger partial charge in [0.15, 0.2) is 0 Å². The summed E-state index contributed by atoms with van der Waals surface area (Å²) >= 11 is 0. The lowest BCUT2D eigenvalue weighted by Gasteiger charge is -2.09. The quantitative estimate of drug-likeness (QED) is 0.538. The second-order valence-corrected chi connectivity index (χ2v) is 6.41. The standard InChI is InChI=1S/C12H19N3O2S/c13-10-6-11(8-12(7-10)18(14,16)17)15-5-1-2-9-3-4-9/h6-9,15H,1-5,13H2,(H2,14,16,17). The van der Waals surface area contributed by atoms with Crippen molar-refractivity contribution in [2.75, 3.05) is 17.6 Å². The number of primary sulfonamides is 1. The first-order chi connectivity index (χ1) is 8.45. The molecule has 100 valence electrons. The van der Waals surface area contributed by atoms with Gasteiger partial charge >= 0.3 is 0 Å². The van der Waals surface area contributed by atoms with Crippen LogP contribution in [0, 0.1) is 5.92 Å². The van der Waals surface area contributed by atoms with E-state index >= 15 is 0 Å². The fourth-order valence-electron chi connectivity index (χ4n) is 1.92. The Bertz CT molecular complexity index is 524. The average molecular weight is 269 g/mol. The highest BCUT2D eigenvalue weighted by Gasteiger charge is 2.19. The van der Waals surface area contributed by atoms with Crippen molar-refractivity contribution < 1.29 is 8.42 Å². The number of nitrogens with two attached hydrogens (primary N) is 2. The number of anilines is 2. The molecule has 0 amide bonds. The Kier molecular flexibility index (Phi) is 3.77. The maximum absolute atomic E-state index is 11.3. The summed E-state index contributed by atoms with van der Waals surface area (Å²) in [5.74, 6) is 0.910. The zero-order valence-electron chi connectivity index (χ0n) is 10.2. The summed E-state index contributed by atoms with van der Waals surface area (Å²) in [6.45, 7) is 0.823. The first-order valence-electron chi connectivity index (χ1n) is 6.12. The van der Waals surface area contributed by atoms with Gasteiger partial charge in [-0.3, -0.25) is 0 Å². The Hall–Kier alpha value is -1.27. The van der Waals surface area contributed by atoms with Crippen LogP contribution in [0.15, 0.2) is 23.1 Å². The van der Waals surface area contributed by atoms with E-state index in [2.05, 4.69) is 5.32 Å². The molecule has 5 nitrogen and oxygen atoms in total. The third-order valence-electron chi connectivity index (χ3n) is 3.07. The van der Waals surface area contributed by atoms with Crippen molar-refractivity contribution >= 4 is 21.4 Å². The molecule has 6 heteroatoms. The van der Waals surface area contributed by atoms with Gasteiger partial charge in [-0.05, 0) is 37.0 Å². The summed E-state index contributed by atoms with van der Waals surface area (Å²) in [5.41, 5.74) is 6.76. The van der Waals surface area contributed by atoms with Crippen molar-refractivity contribution in [2.45, 2.75) is 30.6 Å². The van der Waals surface area contributed by atoms with Crippen LogP contribution in [0.5, 0.6) is 0 Å². The van der Waals surface area contributed by atoms with Crippen molar-refractivity contribution in [3.8, 4) is 0 Å². The number of sulfonamides is 1. The van der Waals surface area contributed by atoms with Crippen molar-refractivity contribution in [1.29, 1.82) is 0 Å². The van der Waals surface area contributed by atoms with Crippen molar-refractivity contribution in [2.24, 2.45) is 11.1 Å². The number of nitrogen functional groups attached to an aromatic ring is 1. The molecule has 1 aliphatic rings. The van der Waals surface area contributed by atoms with Gasteiger partial charge in [-0.2, -0.15) is 0 Å². The number of hydrogen-bond donors (Lipinski definition) is 3. The Morgan fingerprint density at radius 1 is 1.28 bits per heavy atom. The van der Waals surface area contributed by atoms with Gasteiger partial charge in [-0.1, -0.05) is 12.8 Å². The van der Waals surface area contributed by atoms with Gasteiger partial charge in [0.1, 0.15) is 0 Å². The Balaban J connectivity index is 1.96. The summed E-state index contributed by atoms with van der Waals surface area (Å²) in [5, 5.41) is 8.27. The van der Waals surface area contributed by atoms with Crippen LogP contribution < -0.4 is 16.2 Å². The highest BCUT2D eigenvalue weighted by molar-refractivity contribution is 7.89. The maximum Gasteiger partial charge on any atom is 0.238 e. The molecule has 1 fully saturated rings. The van der Waals surface area contributed by atoms with Gasteiger partial charge in [-0.25, -0.2) is 13.6 Å². The van der Waals surface area contributed by atoms with Crippen molar-refractivity contribution in [3.05, 3.63) is 18.2 Å². The molecule has 0 spiro atoms. The van der Waals surface area contributed by atoms with Crippen LogP contribution in [0.25, 0.3) is 0 Å². The molecule has 0 radical (unpaired) electrons. The Morgan fingerprint density at radius 3 is 2.61 bits per heavy atom. The number of hydrogen-bond acceptors (Lipinski definition) is 4. The first kappa shape index (κ1) is 13.2. The minimum Gasteiger partial charge on any atom is -0.399 e. The molecule has 0 unspecified atom stereocenters. The molecule has 0 bridgehead atoms. The summed E-state index contributed by atoms with van der Waals surface area (Å²) < 4.78 is 22.5. The summed E-state index contributed by atoms with van der Waals surface area (Å²) in [6, 6.07) is 4.60. The molecule has 5 N–H and O–H groups in total. The average Bonchev–Trinajstić information content (AvgIpc) is 3.06. The molecule has 0 aliphatic heterocycles. The van der Waals surface area contributed by atoms with Gasteiger partial charge in [-0.15, -0.1) is 0 Å². The van der Waals surface area contributed by atoms with Gasteiger partial charge in [0.25, 0.3) is 0 Å². The topological polar surface area (TPSA) is 98.2 Å². The van der Waals surface area contributed by atoms with Crippen LogP contribution in [0.4, 0.5) is 11.4 Å². The van der Waals surface area contributed by atoms with Crippen LogP contribution in [-0.2, 0) is 10.0 Å². The summed E-state index contributed by atoms with van der Waals surface area (Å²) in [7, 11) is -3.70. The predicted molar refractivity (Wildman–Crippen MR) is 72.7 cm³/mol. The zero-order chi connectivity index (χ0) is 13.2. The number of benzene rings is 1. The van der Waals surface area contributed by atoms with Crippen LogP contribution >= 0.6 is 0 Å². The monoisotopic (exact) mass is 269 g/mol. The lowest BCUT2D eigenvalue weighted by molar-refractivity contribution is 0.598. The maximum atomic E-state index is 11.3. The highest BCUT2D eigenvalue weighted by atomic mass is 32.2. The molecule has 1 aliphatic carbocycles. The molecule has 1 saturated carbocycles. The van der Waals surface area contributed by atoms with Crippen molar-refractivity contribution in [3.63, 3.8) is 0 Å². The fraction of sp³-hybridized carbons (Fsp3) is 0.500. The molecule has 18 heavy (non-hydrogen) atoms. The predicted octanol–water partition coefficient (Wildman–Crippen LogP) is 1.52. The molecule has 0 aromatic heterocycles. The van der Waals surface area contributed by atoms with Gasteiger partial charge in [0.05, 0.1) is 4.90 Å². The van der Waals surface area contributed by atoms with E-state index in [-0.39, 0.29) is 4.90 Å². The SMILES string of the molecule is Nc1cc(NCCCC2CC2)cc(S(N)(=O)=O)c1. The third kappa shape index (κ3) is 3.89. The van der Waals surface area contributed by atoms with Crippen LogP contribution in [0.3, 0.4) is 0 Å². The molecule has 2 rings (SSSR count). The molecular formula is C12H19N3O2S. The highest BCUT2D eigenvalue weighted by Crippen LogP contribution is 2.33. The molecule has 0 atom stereocenters. The minimum atomic E-state index is -3.70. The second-order valence-electron chi connectivity index (χ2n) is 4.85. The van der Waals surface area contributed by atoms with Crippen LogP contribution in [0.2, 0.25) is 0 Å². The first-order valence-corrected chi connectivity index (χ1v) is 7.67. The lowest BCUT2D eigenvalue weighted by Crippen LogP contribution is -2.13. The zero-order valence-corrected chi connectivity index (χ0v) is 11.0. The van der Waals surface area contributed by atoms with E-state index in [1.165, 1.54) is 31.4 Å². The fourth-order valence-corrected chi connectivity index (χ4v) is 2.51. The van der Waals surface area contributed by atoms with Gasteiger partial charge in [0.2, 0.25) is 10.0 Å². The number of rotatable bonds is 6. The van der Waals surface area contributed by atoms with E-state index in [1.54, 1.807) is 6.07 Å². The number of nitrogens with one attached hydrogen (secondary N) is 1. The molecule has 1 aromatic rings. The molecule has 0 saturated heterocycles. The van der Waals surface area contributed by atoms with Gasteiger partial charge < -0.3 is 11.1 Å². The van der Waals surface area contributed by atoms with Crippen LogP contribution in [-0.4, -0.2) is 15.0 Å². The van der Waals surface area contributed by atoms with E-state index in [0.717, 1.165) is 18.9 Å². The van der Waals surface area contributed by atoms with Crippen LogP contribution in [0.1, 0.15) is 25.7 Å². The van der Waals surface area contributed by atoms with E-state index in [9.17, 15) is 8.42 Å². The smallest absolute Gasteiger partial charge is 0.238 e. The van der Waals surface area contributed by atoms with Gasteiger partial charge in [0, 0.05) is 17.9 Å². The van der Waals surface area contributed by atoms with E-state index < -0.39 is 10.0 Å². The van der Waals surface area contributed by atoms with E-state index in [4.69, 9.17) is 10.9 Å². The minimum absolute atomic E-state index is 0.0483. The second kappa shape index (κ2) is 5.16. The Morgan fingerprint density at radius 2 is 2.00 bits per heavy atom. The normalized spacial score (nSPS) is 15.6. The van der Waals surface area contributed by atoms with E-state index in [1.807, 2.05) is 0 Å². The lowest BCUT2D eigenvalue weighted by atomic mass is 10.2. The van der Waals surface area contributed by atoms with E-state index in [0.29, 0.717) is 11.4 Å². The summed E-state index contributed by atoms with van der Waals surface area (Å²) in [4.78, 5) is 0.0483. The largest absolute Gasteiger partial charge is 0.399 e.